The van der Waals surface area contributed by atoms with Crippen LogP contribution in [0.5, 0.6) is 5.75 Å². The van der Waals surface area contributed by atoms with Gasteiger partial charge in [-0.3, -0.25) is 24.6 Å². The van der Waals surface area contributed by atoms with Crippen LogP contribution in [0.1, 0.15) is 45.0 Å². The van der Waals surface area contributed by atoms with E-state index in [-0.39, 0.29) is 27.9 Å². The highest BCUT2D eigenvalue weighted by Crippen LogP contribution is 2.44. The molecule has 1 fully saturated rings. The SMILES string of the molecule is CCOC(=O)c1sc(N2C(=O)C(=O)C(=C(O)c3ccc(OC)cc3C)[C@@H]2c2ccc([N+](=O)[O-])cc2)nc1C. The van der Waals surface area contributed by atoms with Crippen LogP contribution in [0.2, 0.25) is 0 Å². The van der Waals surface area contributed by atoms with Gasteiger partial charge in [0, 0.05) is 17.7 Å². The lowest BCUT2D eigenvalue weighted by molar-refractivity contribution is -0.384. The molecule has 1 saturated heterocycles. The van der Waals surface area contributed by atoms with Crippen LogP contribution in [0.4, 0.5) is 10.8 Å². The summed E-state index contributed by atoms with van der Waals surface area (Å²) in [5.74, 6) is -2.44. The van der Waals surface area contributed by atoms with Gasteiger partial charge in [-0.15, -0.1) is 0 Å². The molecule has 0 spiro atoms. The second-order valence-electron chi connectivity index (χ2n) is 8.33. The highest BCUT2D eigenvalue weighted by atomic mass is 32.1. The first-order valence-electron chi connectivity index (χ1n) is 11.4. The number of nitro groups is 1. The third-order valence-corrected chi connectivity index (χ3v) is 7.14. The molecule has 0 unspecified atom stereocenters. The summed E-state index contributed by atoms with van der Waals surface area (Å²) in [5.41, 5.74) is 1.12. The van der Waals surface area contributed by atoms with E-state index in [4.69, 9.17) is 9.47 Å². The number of nitrogens with zero attached hydrogens (tertiary/aromatic N) is 3. The molecule has 196 valence electrons. The second kappa shape index (κ2) is 10.4. The Bertz CT molecular complexity index is 1490. The Hall–Kier alpha value is -4.58. The van der Waals surface area contributed by atoms with Gasteiger partial charge in [-0.1, -0.05) is 11.3 Å². The topological polar surface area (TPSA) is 149 Å². The first-order chi connectivity index (χ1) is 18.1. The van der Waals surface area contributed by atoms with Gasteiger partial charge >= 0.3 is 11.9 Å². The third-order valence-electron chi connectivity index (χ3n) is 6.00. The third kappa shape index (κ3) is 4.61. The van der Waals surface area contributed by atoms with Gasteiger partial charge in [0.15, 0.2) is 5.13 Å². The minimum atomic E-state index is -1.17. The van der Waals surface area contributed by atoms with Gasteiger partial charge in [-0.2, -0.15) is 0 Å². The van der Waals surface area contributed by atoms with E-state index in [0.29, 0.717) is 28.1 Å². The molecule has 1 aromatic heterocycles. The van der Waals surface area contributed by atoms with Crippen LogP contribution in [0.15, 0.2) is 48.0 Å². The molecule has 0 bridgehead atoms. The van der Waals surface area contributed by atoms with Crippen LogP contribution >= 0.6 is 11.3 Å². The molecular weight excluding hydrogens is 514 g/mol. The zero-order valence-electron chi connectivity index (χ0n) is 20.9. The minimum Gasteiger partial charge on any atom is -0.507 e. The van der Waals surface area contributed by atoms with Gasteiger partial charge in [-0.25, -0.2) is 9.78 Å². The standard InChI is InChI=1S/C26H23N3O8S/c1-5-37-25(33)23-14(3)27-26(38-23)28-20(15-6-8-16(9-7-15)29(34)35)19(22(31)24(28)32)21(30)18-11-10-17(36-4)12-13(18)2/h6-12,20,30H,5H2,1-4H3/t20-/m0/s1. The van der Waals surface area contributed by atoms with Gasteiger partial charge in [-0.05, 0) is 62.2 Å². The summed E-state index contributed by atoms with van der Waals surface area (Å²) < 4.78 is 10.3. The van der Waals surface area contributed by atoms with Crippen molar-refractivity contribution in [1.29, 1.82) is 0 Å². The highest BCUT2D eigenvalue weighted by Gasteiger charge is 2.48. The van der Waals surface area contributed by atoms with Crippen LogP contribution < -0.4 is 9.64 Å². The molecule has 1 N–H and O–H groups in total. The first kappa shape index (κ1) is 26.5. The Morgan fingerprint density at radius 3 is 2.45 bits per heavy atom. The molecule has 4 rings (SSSR count). The smallest absolute Gasteiger partial charge is 0.350 e. The summed E-state index contributed by atoms with van der Waals surface area (Å²) in [7, 11) is 1.50. The van der Waals surface area contributed by atoms with Crippen LogP contribution in [0.3, 0.4) is 0 Å². The van der Waals surface area contributed by atoms with Crippen molar-refractivity contribution >= 4 is 45.6 Å². The lowest BCUT2D eigenvalue weighted by atomic mass is 9.94. The number of carbonyl (C=O) groups is 3. The number of thiazole rings is 1. The number of methoxy groups -OCH3 is 1. The molecule has 1 amide bonds. The summed E-state index contributed by atoms with van der Waals surface area (Å²) in [6.07, 6.45) is 0. The zero-order valence-corrected chi connectivity index (χ0v) is 21.7. The van der Waals surface area contributed by atoms with Crippen molar-refractivity contribution in [2.45, 2.75) is 26.8 Å². The van der Waals surface area contributed by atoms with Crippen molar-refractivity contribution in [3.05, 3.63) is 85.4 Å². The van der Waals surface area contributed by atoms with E-state index in [1.165, 1.54) is 31.4 Å². The number of esters is 1. The minimum absolute atomic E-state index is 0.0431. The predicted octanol–water partition coefficient (Wildman–Crippen LogP) is 4.48. The molecule has 1 atom stereocenters. The average Bonchev–Trinajstić information content (AvgIpc) is 3.40. The predicted molar refractivity (Wildman–Crippen MR) is 138 cm³/mol. The van der Waals surface area contributed by atoms with Gasteiger partial charge in [0.25, 0.3) is 11.5 Å². The van der Waals surface area contributed by atoms with Crippen LogP contribution in [-0.2, 0) is 14.3 Å². The normalized spacial score (nSPS) is 16.5. The van der Waals surface area contributed by atoms with Crippen LogP contribution in [0, 0.1) is 24.0 Å². The fraction of sp³-hybridized carbons (Fsp3) is 0.231. The molecule has 1 aliphatic rings. The molecular formula is C26H23N3O8S. The number of hydrogen-bond donors (Lipinski definition) is 1. The monoisotopic (exact) mass is 537 g/mol. The van der Waals surface area contributed by atoms with E-state index < -0.39 is 34.4 Å². The van der Waals surface area contributed by atoms with Crippen molar-refractivity contribution in [1.82, 2.24) is 4.98 Å². The summed E-state index contributed by atoms with van der Waals surface area (Å²) in [5, 5.41) is 22.6. The molecule has 0 aliphatic carbocycles. The Morgan fingerprint density at radius 1 is 1.18 bits per heavy atom. The number of aliphatic hydroxyl groups is 1. The molecule has 38 heavy (non-hydrogen) atoms. The fourth-order valence-electron chi connectivity index (χ4n) is 4.17. The number of anilines is 1. The highest BCUT2D eigenvalue weighted by molar-refractivity contribution is 7.17. The summed E-state index contributed by atoms with van der Waals surface area (Å²) in [4.78, 5) is 55.4. The number of nitro benzene ring substituents is 1. The Morgan fingerprint density at radius 2 is 1.87 bits per heavy atom. The molecule has 2 heterocycles. The van der Waals surface area contributed by atoms with Crippen LogP contribution in [-0.4, -0.2) is 46.4 Å². The Balaban J connectivity index is 1.93. The van der Waals surface area contributed by atoms with Crippen molar-refractivity contribution in [2.75, 3.05) is 18.6 Å². The first-order valence-corrected chi connectivity index (χ1v) is 12.3. The molecule has 0 saturated carbocycles. The average molecular weight is 538 g/mol. The number of aliphatic hydroxyl groups excluding tert-OH is 1. The number of non-ortho nitro benzene ring substituents is 1. The number of rotatable bonds is 7. The van der Waals surface area contributed by atoms with Crippen molar-refractivity contribution in [3.63, 3.8) is 0 Å². The van der Waals surface area contributed by atoms with Gasteiger partial charge in [0.1, 0.15) is 16.4 Å². The molecule has 3 aromatic rings. The van der Waals surface area contributed by atoms with E-state index in [9.17, 15) is 29.6 Å². The van der Waals surface area contributed by atoms with E-state index in [1.54, 1.807) is 39.0 Å². The van der Waals surface area contributed by atoms with Gasteiger partial charge < -0.3 is 14.6 Å². The van der Waals surface area contributed by atoms with Crippen molar-refractivity contribution < 1.29 is 33.9 Å². The lowest BCUT2D eigenvalue weighted by Crippen LogP contribution is -2.29. The number of ketones is 1. The number of amides is 1. The Kier molecular flexibility index (Phi) is 7.26. The molecule has 12 heteroatoms. The number of aromatic nitrogens is 1. The maximum Gasteiger partial charge on any atom is 0.350 e. The summed E-state index contributed by atoms with van der Waals surface area (Å²) in [6, 6.07) is 8.96. The molecule has 2 aromatic carbocycles. The molecule has 11 nitrogen and oxygen atoms in total. The maximum absolute atomic E-state index is 13.4. The molecule has 0 radical (unpaired) electrons. The quantitative estimate of drug-likeness (QED) is 0.115. The van der Waals surface area contributed by atoms with E-state index >= 15 is 0 Å². The van der Waals surface area contributed by atoms with Crippen LogP contribution in [0.25, 0.3) is 5.76 Å². The van der Waals surface area contributed by atoms with Gasteiger partial charge in [0.2, 0.25) is 0 Å². The number of ether oxygens (including phenoxy) is 2. The fourth-order valence-corrected chi connectivity index (χ4v) is 5.16. The number of Topliss-reactive ketones (excluding diaryl/α,β-unsaturated/α-hetero) is 1. The molecule has 1 aliphatic heterocycles. The largest absolute Gasteiger partial charge is 0.507 e. The maximum atomic E-state index is 13.4. The summed E-state index contributed by atoms with van der Waals surface area (Å²) in [6.45, 7) is 5.08. The lowest BCUT2D eigenvalue weighted by Gasteiger charge is -2.23. The number of aryl methyl sites for hydroxylation is 2. The number of carbonyl (C=O) groups excluding carboxylic acids is 3. The van der Waals surface area contributed by atoms with E-state index in [0.717, 1.165) is 16.2 Å². The zero-order chi connectivity index (χ0) is 27.7. The Labute approximate surface area is 221 Å². The van der Waals surface area contributed by atoms with Crippen molar-refractivity contribution in [2.24, 2.45) is 0 Å². The second-order valence-corrected chi connectivity index (χ2v) is 9.31. The summed E-state index contributed by atoms with van der Waals surface area (Å²) >= 11 is 0.873. The van der Waals surface area contributed by atoms with Crippen molar-refractivity contribution in [3.8, 4) is 5.75 Å². The van der Waals surface area contributed by atoms with E-state index in [2.05, 4.69) is 4.98 Å². The van der Waals surface area contributed by atoms with E-state index in [1.807, 2.05) is 0 Å². The number of hydrogen-bond acceptors (Lipinski definition) is 10. The van der Waals surface area contributed by atoms with Gasteiger partial charge in [0.05, 0.1) is 35.9 Å². The number of benzene rings is 2.